The van der Waals surface area contributed by atoms with Gasteiger partial charge in [0, 0.05) is 51.5 Å². The third kappa shape index (κ3) is 6.41. The number of alkyl halides is 3. The number of rotatable bonds is 7. The van der Waals surface area contributed by atoms with E-state index in [0.717, 1.165) is 61.5 Å². The number of likely N-dealkylation sites (tertiary alicyclic amines) is 1. The maximum atomic E-state index is 13.9. The van der Waals surface area contributed by atoms with Crippen molar-refractivity contribution in [3.05, 3.63) is 64.7 Å². The number of nitrogens with zero attached hydrogens (tertiary/aromatic N) is 3. The van der Waals surface area contributed by atoms with Gasteiger partial charge in [-0.3, -0.25) is 9.59 Å². The Morgan fingerprint density at radius 1 is 0.925 bits per heavy atom. The third-order valence-electron chi connectivity index (χ3n) is 8.37. The maximum absolute atomic E-state index is 13.9. The molecule has 2 amide bonds. The van der Waals surface area contributed by atoms with Crippen LogP contribution in [0.1, 0.15) is 54.4 Å². The van der Waals surface area contributed by atoms with Crippen molar-refractivity contribution in [2.75, 3.05) is 45.2 Å². The van der Waals surface area contributed by atoms with Gasteiger partial charge in [0.1, 0.15) is 0 Å². The van der Waals surface area contributed by atoms with Crippen molar-refractivity contribution in [3.63, 3.8) is 0 Å². The molecule has 0 unspecified atom stereocenters. The Hall–Kier alpha value is -2.78. The van der Waals surface area contributed by atoms with E-state index in [1.165, 1.54) is 17.0 Å². The predicted molar refractivity (Wildman–Crippen MR) is 149 cm³/mol. The molecular weight excluding hydrogens is 543 g/mol. The van der Waals surface area contributed by atoms with Crippen molar-refractivity contribution < 1.29 is 27.9 Å². The zero-order chi connectivity index (χ0) is 29.1. The van der Waals surface area contributed by atoms with E-state index in [-0.39, 0.29) is 19.0 Å². The Balaban J connectivity index is 1.25. The Morgan fingerprint density at radius 2 is 1.48 bits per heavy atom. The minimum atomic E-state index is -5.12. The molecule has 0 bridgehead atoms. The van der Waals surface area contributed by atoms with Crippen molar-refractivity contribution >= 4 is 29.1 Å². The lowest BCUT2D eigenvalue weighted by atomic mass is 9.84. The average Bonchev–Trinajstić information content (AvgIpc) is 2.95. The van der Waals surface area contributed by atoms with E-state index in [9.17, 15) is 27.9 Å². The normalized spacial score (nSPS) is 18.9. The largest absolute Gasteiger partial charge is 0.430 e. The van der Waals surface area contributed by atoms with Crippen LogP contribution in [0.5, 0.6) is 0 Å². The summed E-state index contributed by atoms with van der Waals surface area (Å²) in [7, 11) is 3.39. The molecule has 2 aliphatic heterocycles. The second-order valence-electron chi connectivity index (χ2n) is 11.2. The van der Waals surface area contributed by atoms with Gasteiger partial charge in [0.2, 0.25) is 0 Å². The highest BCUT2D eigenvalue weighted by atomic mass is 35.5. The van der Waals surface area contributed by atoms with Crippen LogP contribution < -0.4 is 4.90 Å². The van der Waals surface area contributed by atoms with Gasteiger partial charge in [-0.05, 0) is 55.7 Å². The van der Waals surface area contributed by atoms with Crippen LogP contribution in [0.25, 0.3) is 0 Å². The molecule has 2 saturated heterocycles. The number of carbonyl (C=O) groups is 2. The Bertz CT molecular complexity index is 1180. The number of halogens is 4. The van der Waals surface area contributed by atoms with Gasteiger partial charge in [-0.2, -0.15) is 13.2 Å². The van der Waals surface area contributed by atoms with Crippen molar-refractivity contribution in [1.29, 1.82) is 0 Å². The molecule has 1 N–H and O–H groups in total. The van der Waals surface area contributed by atoms with Gasteiger partial charge in [-0.15, -0.1) is 0 Å². The first-order chi connectivity index (χ1) is 18.9. The molecule has 4 rings (SSSR count). The molecule has 0 radical (unpaired) electrons. The first kappa shape index (κ1) is 30.2. The zero-order valence-corrected chi connectivity index (χ0v) is 23.7. The lowest BCUT2D eigenvalue weighted by Gasteiger charge is -2.39. The molecule has 40 heavy (non-hydrogen) atoms. The summed E-state index contributed by atoms with van der Waals surface area (Å²) in [5, 5.41) is 11.1. The van der Waals surface area contributed by atoms with Gasteiger partial charge in [0.25, 0.3) is 17.4 Å². The van der Waals surface area contributed by atoms with Crippen LogP contribution >= 0.6 is 11.6 Å². The number of piperidine rings is 2. The number of hydrogen-bond donors (Lipinski definition) is 1. The summed E-state index contributed by atoms with van der Waals surface area (Å²) >= 11 is 6.39. The molecule has 2 aromatic rings. The topological polar surface area (TPSA) is 64.1 Å². The van der Waals surface area contributed by atoms with Gasteiger partial charge in [-0.1, -0.05) is 54.8 Å². The van der Waals surface area contributed by atoms with Gasteiger partial charge >= 0.3 is 6.18 Å². The van der Waals surface area contributed by atoms with Crippen molar-refractivity contribution in [2.45, 2.75) is 50.3 Å². The molecular formula is C30H37ClF3N3O3. The van der Waals surface area contributed by atoms with Crippen LogP contribution in [0.4, 0.5) is 18.9 Å². The number of amides is 2. The second kappa shape index (κ2) is 12.4. The number of benzene rings is 2. The Labute approximate surface area is 238 Å². The van der Waals surface area contributed by atoms with Crippen molar-refractivity contribution in [3.8, 4) is 0 Å². The van der Waals surface area contributed by atoms with E-state index in [1.54, 1.807) is 26.2 Å². The molecule has 2 fully saturated rings. The third-order valence-corrected chi connectivity index (χ3v) is 8.68. The number of aliphatic hydroxyl groups is 1. The van der Waals surface area contributed by atoms with Gasteiger partial charge in [0.15, 0.2) is 0 Å². The highest BCUT2D eigenvalue weighted by molar-refractivity contribution is 6.34. The predicted octanol–water partition coefficient (Wildman–Crippen LogP) is 5.73. The van der Waals surface area contributed by atoms with E-state index in [2.05, 4.69) is 4.90 Å². The molecule has 2 aromatic carbocycles. The Morgan fingerprint density at radius 3 is 1.98 bits per heavy atom. The lowest BCUT2D eigenvalue weighted by molar-refractivity contribution is -0.262. The minimum absolute atomic E-state index is 0.127. The van der Waals surface area contributed by atoms with Crippen LogP contribution in [0.15, 0.2) is 48.5 Å². The molecule has 0 aliphatic carbocycles. The van der Waals surface area contributed by atoms with E-state index >= 15 is 0 Å². The summed E-state index contributed by atoms with van der Waals surface area (Å²) in [5.41, 5.74) is -2.51. The average molecular weight is 580 g/mol. The smallest absolute Gasteiger partial charge is 0.371 e. The number of carbonyl (C=O) groups excluding carboxylic acids is 2. The summed E-state index contributed by atoms with van der Waals surface area (Å²) in [5.74, 6) is -0.512. The lowest BCUT2D eigenvalue weighted by Crippen LogP contribution is -2.57. The minimum Gasteiger partial charge on any atom is -0.371 e. The summed E-state index contributed by atoms with van der Waals surface area (Å²) in [6.45, 7) is 2.20. The molecule has 0 saturated carbocycles. The number of hydrogen-bond acceptors (Lipinski definition) is 4. The summed E-state index contributed by atoms with van der Waals surface area (Å²) in [6.07, 6.45) is 0.218. The summed E-state index contributed by atoms with van der Waals surface area (Å²) < 4.78 is 41.7. The molecule has 6 nitrogen and oxygen atoms in total. The monoisotopic (exact) mass is 579 g/mol. The first-order valence-corrected chi connectivity index (χ1v) is 14.2. The fourth-order valence-corrected chi connectivity index (χ4v) is 6.06. The van der Waals surface area contributed by atoms with Gasteiger partial charge in [-0.25, -0.2) is 0 Å². The van der Waals surface area contributed by atoms with Crippen LogP contribution in [0.2, 0.25) is 5.02 Å². The van der Waals surface area contributed by atoms with Gasteiger partial charge in [0.05, 0.1) is 10.6 Å². The van der Waals surface area contributed by atoms with Crippen LogP contribution in [-0.4, -0.2) is 73.2 Å². The molecule has 10 heteroatoms. The van der Waals surface area contributed by atoms with Crippen molar-refractivity contribution in [1.82, 2.24) is 9.80 Å². The quantitative estimate of drug-likeness (QED) is 0.455. The first-order valence-electron chi connectivity index (χ1n) is 13.8. The molecule has 0 aromatic heterocycles. The van der Waals surface area contributed by atoms with Crippen LogP contribution in [0.3, 0.4) is 0 Å². The zero-order valence-electron chi connectivity index (χ0n) is 23.0. The molecule has 218 valence electrons. The molecule has 1 atom stereocenters. The summed E-state index contributed by atoms with van der Waals surface area (Å²) in [6, 6.07) is 12.2. The Kier molecular flexibility index (Phi) is 9.35. The van der Waals surface area contributed by atoms with Crippen LogP contribution in [0, 0.1) is 11.8 Å². The fraction of sp³-hybridized carbons (Fsp3) is 0.533. The molecule has 2 aliphatic rings. The SMILES string of the molecule is CN(C)C(=O)c1ccc(N2CCC(CCC3CCN(C(=O)[C@](O)(c4ccccc4)C(F)(F)F)CC3)CC2)cc1Cl. The van der Waals surface area contributed by atoms with Crippen molar-refractivity contribution in [2.24, 2.45) is 11.8 Å². The van der Waals surface area contributed by atoms with E-state index in [4.69, 9.17) is 11.6 Å². The highest BCUT2D eigenvalue weighted by Crippen LogP contribution is 2.41. The number of anilines is 1. The molecule has 0 spiro atoms. The second-order valence-corrected chi connectivity index (χ2v) is 11.6. The van der Waals surface area contributed by atoms with E-state index < -0.39 is 23.2 Å². The fourth-order valence-electron chi connectivity index (χ4n) is 5.81. The summed E-state index contributed by atoms with van der Waals surface area (Å²) in [4.78, 5) is 30.1. The molecule has 2 heterocycles. The van der Waals surface area contributed by atoms with E-state index in [0.29, 0.717) is 35.3 Å². The standard InChI is InChI=1S/C30H37ClF3N3O3/c1-35(2)27(38)25-11-10-24(20-26(25)31)36-16-12-21(13-17-36)8-9-22-14-18-37(19-15-22)28(39)29(40,30(32,33)34)23-6-4-3-5-7-23/h3-7,10-11,20-22,40H,8-9,12-19H2,1-2H3/t29-/m1/s1. The van der Waals surface area contributed by atoms with E-state index in [1.807, 2.05) is 12.1 Å². The van der Waals surface area contributed by atoms with Gasteiger partial charge < -0.3 is 19.8 Å². The van der Waals surface area contributed by atoms with Crippen LogP contribution in [-0.2, 0) is 10.4 Å². The highest BCUT2D eigenvalue weighted by Gasteiger charge is 2.62. The maximum Gasteiger partial charge on any atom is 0.430 e.